The third-order valence-corrected chi connectivity index (χ3v) is 2.62. The summed E-state index contributed by atoms with van der Waals surface area (Å²) in [6.07, 6.45) is 0. The van der Waals surface area contributed by atoms with Crippen molar-refractivity contribution in [1.82, 2.24) is 5.32 Å². The van der Waals surface area contributed by atoms with Crippen LogP contribution in [0.4, 0.5) is 4.39 Å². The smallest absolute Gasteiger partial charge is 0.252 e. The Morgan fingerprint density at radius 3 is 2.56 bits per heavy atom. The quantitative estimate of drug-likeness (QED) is 0.770. The number of rotatable bonds is 1. The fourth-order valence-corrected chi connectivity index (χ4v) is 1.64. The molecule has 0 aliphatic carbocycles. The fourth-order valence-electron chi connectivity index (χ4n) is 1.64. The van der Waals surface area contributed by atoms with E-state index in [1.165, 1.54) is 12.1 Å². The van der Waals surface area contributed by atoms with Gasteiger partial charge < -0.3 is 5.32 Å². The van der Waals surface area contributed by atoms with Gasteiger partial charge in [-0.3, -0.25) is 9.79 Å². The number of amides is 1. The van der Waals surface area contributed by atoms with Crippen LogP contribution in [0.3, 0.4) is 0 Å². The number of hydrogen-bond donors (Lipinski definition) is 1. The lowest BCUT2D eigenvalue weighted by Gasteiger charge is -2.07. The standard InChI is InChI=1S/C12H13FN2O/c1-7-6-8(13)4-5-9(7)10-14-11(16)12(2,3)15-10/h4-6H,1-3H3,(H,14,15,16). The second kappa shape index (κ2) is 3.40. The van der Waals surface area contributed by atoms with Crippen LogP contribution >= 0.6 is 0 Å². The highest BCUT2D eigenvalue weighted by Gasteiger charge is 2.34. The third kappa shape index (κ3) is 1.71. The lowest BCUT2D eigenvalue weighted by molar-refractivity contribution is -0.122. The van der Waals surface area contributed by atoms with Crippen molar-refractivity contribution in [3.63, 3.8) is 0 Å². The van der Waals surface area contributed by atoms with Crippen LogP contribution in [0.2, 0.25) is 0 Å². The maximum Gasteiger partial charge on any atom is 0.252 e. The molecule has 0 saturated heterocycles. The Hall–Kier alpha value is -1.71. The minimum atomic E-state index is -0.740. The van der Waals surface area contributed by atoms with Gasteiger partial charge in [0, 0.05) is 5.56 Å². The number of aliphatic imine (C=N–C) groups is 1. The molecule has 0 spiro atoms. The van der Waals surface area contributed by atoms with Crippen LogP contribution in [0.5, 0.6) is 0 Å². The first kappa shape index (κ1) is 10.8. The summed E-state index contributed by atoms with van der Waals surface area (Å²) in [4.78, 5) is 15.9. The molecule has 0 atom stereocenters. The van der Waals surface area contributed by atoms with Gasteiger partial charge in [-0.2, -0.15) is 0 Å². The van der Waals surface area contributed by atoms with E-state index in [2.05, 4.69) is 10.3 Å². The Balaban J connectivity index is 2.44. The van der Waals surface area contributed by atoms with Gasteiger partial charge in [0.1, 0.15) is 17.2 Å². The number of nitrogens with one attached hydrogen (secondary N) is 1. The number of aryl methyl sites for hydroxylation is 1. The highest BCUT2D eigenvalue weighted by atomic mass is 19.1. The van der Waals surface area contributed by atoms with Crippen molar-refractivity contribution in [1.29, 1.82) is 0 Å². The summed E-state index contributed by atoms with van der Waals surface area (Å²) in [5.41, 5.74) is 0.785. The maximum atomic E-state index is 12.9. The van der Waals surface area contributed by atoms with Crippen LogP contribution in [-0.4, -0.2) is 17.3 Å². The molecule has 16 heavy (non-hydrogen) atoms. The first-order chi connectivity index (χ1) is 7.40. The molecule has 84 valence electrons. The molecular weight excluding hydrogens is 207 g/mol. The van der Waals surface area contributed by atoms with E-state index in [9.17, 15) is 9.18 Å². The van der Waals surface area contributed by atoms with Gasteiger partial charge in [-0.1, -0.05) is 0 Å². The molecule has 1 amide bonds. The van der Waals surface area contributed by atoms with E-state index in [-0.39, 0.29) is 11.7 Å². The number of hydrogen-bond acceptors (Lipinski definition) is 2. The molecule has 0 fully saturated rings. The molecular formula is C12H13FN2O. The van der Waals surface area contributed by atoms with Crippen molar-refractivity contribution in [3.05, 3.63) is 35.1 Å². The Morgan fingerprint density at radius 2 is 2.06 bits per heavy atom. The first-order valence-corrected chi connectivity index (χ1v) is 5.08. The van der Waals surface area contributed by atoms with E-state index in [1.807, 2.05) is 0 Å². The molecule has 1 aromatic rings. The van der Waals surface area contributed by atoms with Crippen LogP contribution in [-0.2, 0) is 4.79 Å². The number of halogens is 1. The fraction of sp³-hybridized carbons (Fsp3) is 0.333. The number of benzene rings is 1. The topological polar surface area (TPSA) is 41.5 Å². The van der Waals surface area contributed by atoms with Gasteiger partial charge in [0.15, 0.2) is 0 Å². The zero-order valence-corrected chi connectivity index (χ0v) is 9.47. The molecule has 1 aliphatic heterocycles. The van der Waals surface area contributed by atoms with Crippen molar-refractivity contribution in [2.24, 2.45) is 4.99 Å². The van der Waals surface area contributed by atoms with Gasteiger partial charge in [0.2, 0.25) is 0 Å². The number of amidine groups is 1. The van der Waals surface area contributed by atoms with Crippen LogP contribution < -0.4 is 5.32 Å². The molecule has 1 heterocycles. The molecule has 3 nitrogen and oxygen atoms in total. The summed E-state index contributed by atoms with van der Waals surface area (Å²) in [6, 6.07) is 4.42. The number of nitrogens with zero attached hydrogens (tertiary/aromatic N) is 1. The summed E-state index contributed by atoms with van der Waals surface area (Å²) in [5, 5.41) is 2.71. The van der Waals surface area contributed by atoms with Crippen molar-refractivity contribution in [2.75, 3.05) is 0 Å². The highest BCUT2D eigenvalue weighted by molar-refractivity contribution is 6.15. The Morgan fingerprint density at radius 1 is 1.38 bits per heavy atom. The van der Waals surface area contributed by atoms with Gasteiger partial charge in [-0.05, 0) is 44.5 Å². The Bertz CT molecular complexity index is 492. The van der Waals surface area contributed by atoms with E-state index in [1.54, 1.807) is 26.8 Å². The average molecular weight is 220 g/mol. The largest absolute Gasteiger partial charge is 0.308 e. The lowest BCUT2D eigenvalue weighted by atomic mass is 10.1. The van der Waals surface area contributed by atoms with E-state index < -0.39 is 5.54 Å². The summed E-state index contributed by atoms with van der Waals surface area (Å²) in [7, 11) is 0. The molecule has 0 unspecified atom stereocenters. The normalized spacial score (nSPS) is 18.2. The summed E-state index contributed by atoms with van der Waals surface area (Å²) < 4.78 is 12.9. The second-order valence-corrected chi connectivity index (χ2v) is 4.43. The van der Waals surface area contributed by atoms with Crippen LogP contribution in [0.25, 0.3) is 0 Å². The number of carbonyl (C=O) groups is 1. The van der Waals surface area contributed by atoms with Crippen LogP contribution in [0.15, 0.2) is 23.2 Å². The molecule has 0 aromatic heterocycles. The van der Waals surface area contributed by atoms with Crippen molar-refractivity contribution >= 4 is 11.7 Å². The third-order valence-electron chi connectivity index (χ3n) is 2.62. The molecule has 1 aromatic carbocycles. The van der Waals surface area contributed by atoms with Crippen molar-refractivity contribution in [2.45, 2.75) is 26.3 Å². The molecule has 0 bridgehead atoms. The van der Waals surface area contributed by atoms with Crippen molar-refractivity contribution < 1.29 is 9.18 Å². The summed E-state index contributed by atoms with van der Waals surface area (Å²) in [5.74, 6) is 0.101. The molecule has 0 saturated carbocycles. The average Bonchev–Trinajstić information content (AvgIpc) is 2.40. The van der Waals surface area contributed by atoms with E-state index in [0.29, 0.717) is 5.84 Å². The van der Waals surface area contributed by atoms with Gasteiger partial charge in [-0.25, -0.2) is 4.39 Å². The predicted molar refractivity (Wildman–Crippen MR) is 59.9 cm³/mol. The minimum absolute atomic E-state index is 0.133. The van der Waals surface area contributed by atoms with Gasteiger partial charge in [-0.15, -0.1) is 0 Å². The zero-order chi connectivity index (χ0) is 11.9. The summed E-state index contributed by atoms with van der Waals surface area (Å²) >= 11 is 0. The van der Waals surface area contributed by atoms with Gasteiger partial charge in [0.05, 0.1) is 0 Å². The summed E-state index contributed by atoms with van der Waals surface area (Å²) in [6.45, 7) is 5.28. The van der Waals surface area contributed by atoms with Crippen LogP contribution in [0.1, 0.15) is 25.0 Å². The Labute approximate surface area is 93.4 Å². The van der Waals surface area contributed by atoms with Gasteiger partial charge in [0.25, 0.3) is 5.91 Å². The van der Waals surface area contributed by atoms with E-state index in [0.717, 1.165) is 11.1 Å². The lowest BCUT2D eigenvalue weighted by Crippen LogP contribution is -2.34. The van der Waals surface area contributed by atoms with Gasteiger partial charge >= 0.3 is 0 Å². The highest BCUT2D eigenvalue weighted by Crippen LogP contribution is 2.19. The monoisotopic (exact) mass is 220 g/mol. The SMILES string of the molecule is Cc1cc(F)ccc1C1=NC(C)(C)C(=O)N1. The zero-order valence-electron chi connectivity index (χ0n) is 9.47. The molecule has 4 heteroatoms. The first-order valence-electron chi connectivity index (χ1n) is 5.08. The second-order valence-electron chi connectivity index (χ2n) is 4.43. The molecule has 1 N–H and O–H groups in total. The van der Waals surface area contributed by atoms with E-state index >= 15 is 0 Å². The molecule has 0 radical (unpaired) electrons. The van der Waals surface area contributed by atoms with Crippen LogP contribution in [0, 0.1) is 12.7 Å². The van der Waals surface area contributed by atoms with E-state index in [4.69, 9.17) is 0 Å². The Kier molecular flexibility index (Phi) is 2.30. The number of carbonyl (C=O) groups excluding carboxylic acids is 1. The molecule has 2 rings (SSSR count). The maximum absolute atomic E-state index is 12.9. The predicted octanol–water partition coefficient (Wildman–Crippen LogP) is 1.79. The minimum Gasteiger partial charge on any atom is -0.308 e. The van der Waals surface area contributed by atoms with Crippen molar-refractivity contribution in [3.8, 4) is 0 Å². The molecule has 1 aliphatic rings.